The molecule has 1 N–H and O–H groups in total. The van der Waals surface area contributed by atoms with Crippen molar-refractivity contribution in [3.8, 4) is 11.5 Å². The molecule has 0 aliphatic heterocycles. The Kier molecular flexibility index (Phi) is 4.26. The summed E-state index contributed by atoms with van der Waals surface area (Å²) in [7, 11) is -0.826. The first kappa shape index (κ1) is 16.1. The van der Waals surface area contributed by atoms with Crippen LogP contribution in [0.15, 0.2) is 59.6 Å². The molecular weight excluding hydrogens is 328 g/mol. The summed E-state index contributed by atoms with van der Waals surface area (Å²) in [6.07, 6.45) is 1.66. The average molecular weight is 344 g/mol. The van der Waals surface area contributed by atoms with E-state index in [1.165, 1.54) is 26.4 Å². The smallest absolute Gasteiger partial charge is 0.262 e. The Bertz CT molecular complexity index is 982. The Labute approximate surface area is 140 Å². The van der Waals surface area contributed by atoms with Gasteiger partial charge >= 0.3 is 0 Å². The maximum absolute atomic E-state index is 12.7. The number of fused-ring (bicyclic) bond motifs is 1. The van der Waals surface area contributed by atoms with Crippen LogP contribution in [0.2, 0.25) is 0 Å². The van der Waals surface area contributed by atoms with E-state index in [2.05, 4.69) is 9.71 Å². The van der Waals surface area contributed by atoms with Gasteiger partial charge in [0.2, 0.25) is 0 Å². The van der Waals surface area contributed by atoms with Crippen molar-refractivity contribution in [2.75, 3.05) is 18.9 Å². The Morgan fingerprint density at radius 3 is 2.50 bits per heavy atom. The van der Waals surface area contributed by atoms with Crippen LogP contribution in [0.1, 0.15) is 0 Å². The van der Waals surface area contributed by atoms with Crippen molar-refractivity contribution in [2.45, 2.75) is 4.90 Å². The van der Waals surface area contributed by atoms with Gasteiger partial charge in [-0.1, -0.05) is 6.07 Å². The predicted octanol–water partition coefficient (Wildman–Crippen LogP) is 3.05. The maximum atomic E-state index is 12.7. The monoisotopic (exact) mass is 344 g/mol. The summed E-state index contributed by atoms with van der Waals surface area (Å²) in [4.78, 5) is 4.31. The number of hydrogen-bond donors (Lipinski definition) is 1. The van der Waals surface area contributed by atoms with E-state index in [1.807, 2.05) is 12.1 Å². The minimum atomic E-state index is -3.78. The second-order valence-electron chi connectivity index (χ2n) is 5.00. The number of methoxy groups -OCH3 is 2. The van der Waals surface area contributed by atoms with Crippen LogP contribution in [0.3, 0.4) is 0 Å². The molecular formula is C17H16N2O4S. The van der Waals surface area contributed by atoms with Gasteiger partial charge in [-0.05, 0) is 36.4 Å². The number of aromatic nitrogens is 1. The summed E-state index contributed by atoms with van der Waals surface area (Å²) in [5, 5.41) is 0.726. The van der Waals surface area contributed by atoms with Crippen molar-refractivity contribution >= 4 is 26.6 Å². The van der Waals surface area contributed by atoms with Gasteiger partial charge in [-0.25, -0.2) is 8.42 Å². The van der Waals surface area contributed by atoms with Gasteiger partial charge < -0.3 is 9.47 Å². The number of hydrogen-bond acceptors (Lipinski definition) is 5. The van der Waals surface area contributed by atoms with E-state index in [0.717, 1.165) is 5.39 Å². The Hall–Kier alpha value is -2.80. The van der Waals surface area contributed by atoms with Gasteiger partial charge in [-0.2, -0.15) is 0 Å². The van der Waals surface area contributed by atoms with Gasteiger partial charge in [-0.3, -0.25) is 9.71 Å². The Morgan fingerprint density at radius 1 is 0.958 bits per heavy atom. The molecule has 0 atom stereocenters. The number of pyridine rings is 1. The molecule has 0 saturated heterocycles. The third kappa shape index (κ3) is 2.98. The van der Waals surface area contributed by atoms with E-state index >= 15 is 0 Å². The minimum Gasteiger partial charge on any atom is -0.493 e. The van der Waals surface area contributed by atoms with Crippen LogP contribution >= 0.6 is 0 Å². The molecule has 0 bridgehead atoms. The summed E-state index contributed by atoms with van der Waals surface area (Å²) in [6.45, 7) is 0. The lowest BCUT2D eigenvalue weighted by molar-refractivity contribution is 0.354. The Morgan fingerprint density at radius 2 is 1.75 bits per heavy atom. The molecule has 3 rings (SSSR count). The van der Waals surface area contributed by atoms with E-state index < -0.39 is 10.0 Å². The topological polar surface area (TPSA) is 77.5 Å². The van der Waals surface area contributed by atoms with Crippen molar-refractivity contribution in [3.05, 3.63) is 54.7 Å². The molecule has 0 saturated carbocycles. The fourth-order valence-corrected chi connectivity index (χ4v) is 3.47. The van der Waals surface area contributed by atoms with Crippen LogP contribution in [-0.4, -0.2) is 27.6 Å². The van der Waals surface area contributed by atoms with Gasteiger partial charge in [0.25, 0.3) is 10.0 Å². The van der Waals surface area contributed by atoms with Crippen LogP contribution < -0.4 is 14.2 Å². The number of rotatable bonds is 5. The van der Waals surface area contributed by atoms with Gasteiger partial charge in [-0.15, -0.1) is 0 Å². The summed E-state index contributed by atoms with van der Waals surface area (Å²) in [6, 6.07) is 13.3. The molecule has 0 aliphatic carbocycles. The molecule has 124 valence electrons. The van der Waals surface area contributed by atoms with Crippen molar-refractivity contribution in [3.63, 3.8) is 0 Å². The number of sulfonamides is 1. The van der Waals surface area contributed by atoms with Crippen LogP contribution in [0.25, 0.3) is 10.9 Å². The summed E-state index contributed by atoms with van der Waals surface area (Å²) < 4.78 is 38.3. The van der Waals surface area contributed by atoms with Gasteiger partial charge in [0.1, 0.15) is 0 Å². The van der Waals surface area contributed by atoms with E-state index in [-0.39, 0.29) is 4.90 Å². The zero-order chi connectivity index (χ0) is 17.2. The second-order valence-corrected chi connectivity index (χ2v) is 6.68. The SMILES string of the molecule is COc1ccc(S(=O)(=O)Nc2cccc3ncccc23)cc1OC. The molecule has 1 heterocycles. The highest BCUT2D eigenvalue weighted by atomic mass is 32.2. The van der Waals surface area contributed by atoms with Crippen molar-refractivity contribution in [1.29, 1.82) is 0 Å². The Balaban J connectivity index is 2.02. The van der Waals surface area contributed by atoms with Crippen LogP contribution in [-0.2, 0) is 10.0 Å². The first-order chi connectivity index (χ1) is 11.5. The van der Waals surface area contributed by atoms with Crippen molar-refractivity contribution < 1.29 is 17.9 Å². The molecule has 2 aromatic carbocycles. The number of anilines is 1. The van der Waals surface area contributed by atoms with E-state index in [9.17, 15) is 8.42 Å². The summed E-state index contributed by atoms with van der Waals surface area (Å²) in [5.74, 6) is 0.811. The fraction of sp³-hybridized carbons (Fsp3) is 0.118. The van der Waals surface area contributed by atoms with Gasteiger partial charge in [0, 0.05) is 17.6 Å². The quantitative estimate of drug-likeness (QED) is 0.770. The third-order valence-corrected chi connectivity index (χ3v) is 4.92. The van der Waals surface area contributed by atoms with Crippen molar-refractivity contribution in [2.24, 2.45) is 0 Å². The molecule has 0 spiro atoms. The first-order valence-electron chi connectivity index (χ1n) is 7.14. The van der Waals surface area contributed by atoms with Crippen LogP contribution in [0.5, 0.6) is 11.5 Å². The largest absolute Gasteiger partial charge is 0.493 e. The lowest BCUT2D eigenvalue weighted by Gasteiger charge is -2.12. The third-order valence-electron chi connectivity index (χ3n) is 3.56. The number of benzene rings is 2. The van der Waals surface area contributed by atoms with Gasteiger partial charge in [0.15, 0.2) is 11.5 Å². The lowest BCUT2D eigenvalue weighted by Crippen LogP contribution is -2.13. The molecule has 1 aromatic heterocycles. The number of nitrogens with zero attached hydrogens (tertiary/aromatic N) is 1. The lowest BCUT2D eigenvalue weighted by atomic mass is 10.2. The highest BCUT2D eigenvalue weighted by Gasteiger charge is 2.18. The summed E-state index contributed by atoms with van der Waals surface area (Å²) >= 11 is 0. The number of nitrogens with one attached hydrogen (secondary N) is 1. The molecule has 6 nitrogen and oxygen atoms in total. The van der Waals surface area contributed by atoms with Crippen molar-refractivity contribution in [1.82, 2.24) is 4.98 Å². The molecule has 24 heavy (non-hydrogen) atoms. The molecule has 7 heteroatoms. The van der Waals surface area contributed by atoms with E-state index in [4.69, 9.17) is 9.47 Å². The van der Waals surface area contributed by atoms with Gasteiger partial charge in [0.05, 0.1) is 30.3 Å². The molecule has 3 aromatic rings. The second kappa shape index (κ2) is 6.37. The van der Waals surface area contributed by atoms with E-state index in [0.29, 0.717) is 22.7 Å². The van der Waals surface area contributed by atoms with Crippen LogP contribution in [0.4, 0.5) is 5.69 Å². The average Bonchev–Trinajstić information content (AvgIpc) is 2.61. The highest BCUT2D eigenvalue weighted by Crippen LogP contribution is 2.31. The predicted molar refractivity (Wildman–Crippen MR) is 92.1 cm³/mol. The zero-order valence-corrected chi connectivity index (χ0v) is 14.0. The highest BCUT2D eigenvalue weighted by molar-refractivity contribution is 7.92. The molecule has 0 amide bonds. The molecule has 0 unspecified atom stereocenters. The van der Waals surface area contributed by atoms with E-state index in [1.54, 1.807) is 30.5 Å². The standard InChI is InChI=1S/C17H16N2O4S/c1-22-16-9-8-12(11-17(16)23-2)24(20,21)19-15-7-3-6-14-13(15)5-4-10-18-14/h3-11,19H,1-2H3. The molecule has 0 fully saturated rings. The number of ether oxygens (including phenoxy) is 2. The zero-order valence-electron chi connectivity index (χ0n) is 13.2. The van der Waals surface area contributed by atoms with Crippen LogP contribution in [0, 0.1) is 0 Å². The normalized spacial score (nSPS) is 11.2. The summed E-state index contributed by atoms with van der Waals surface area (Å²) in [5.41, 5.74) is 1.18. The molecule has 0 aliphatic rings. The molecule has 0 radical (unpaired) electrons. The minimum absolute atomic E-state index is 0.0843. The fourth-order valence-electron chi connectivity index (χ4n) is 2.38. The first-order valence-corrected chi connectivity index (χ1v) is 8.62. The maximum Gasteiger partial charge on any atom is 0.262 e.